The number of aromatic nitrogens is 1. The van der Waals surface area contributed by atoms with Crippen LogP contribution >= 0.6 is 11.3 Å². The molecule has 122 valence electrons. The lowest BCUT2D eigenvalue weighted by molar-refractivity contribution is -0.114. The highest BCUT2D eigenvalue weighted by atomic mass is 32.1. The van der Waals surface area contributed by atoms with Gasteiger partial charge in [0.15, 0.2) is 5.13 Å². The van der Waals surface area contributed by atoms with Gasteiger partial charge in [0.2, 0.25) is 5.91 Å². The average molecular weight is 339 g/mol. The van der Waals surface area contributed by atoms with E-state index in [0.717, 1.165) is 16.6 Å². The molecule has 0 radical (unpaired) electrons. The lowest BCUT2D eigenvalue weighted by Gasteiger charge is -2.05. The molecule has 2 aromatic carbocycles. The SMILES string of the molecule is CCc1ccc2nc(NC(=O)c3cccc(NC(C)=O)c3)sc2c1. The van der Waals surface area contributed by atoms with Crippen LogP contribution in [0.1, 0.15) is 29.8 Å². The number of rotatable bonds is 4. The molecule has 0 aliphatic carbocycles. The van der Waals surface area contributed by atoms with Crippen molar-refractivity contribution in [2.24, 2.45) is 0 Å². The number of nitrogens with zero attached hydrogens (tertiary/aromatic N) is 1. The minimum atomic E-state index is -0.253. The normalized spacial score (nSPS) is 10.6. The number of fused-ring (bicyclic) bond motifs is 1. The van der Waals surface area contributed by atoms with E-state index in [1.165, 1.54) is 23.8 Å². The van der Waals surface area contributed by atoms with Crippen molar-refractivity contribution in [1.82, 2.24) is 4.98 Å². The van der Waals surface area contributed by atoms with Crippen LogP contribution in [0, 0.1) is 0 Å². The van der Waals surface area contributed by atoms with Crippen molar-refractivity contribution in [2.75, 3.05) is 10.6 Å². The molecular weight excluding hydrogens is 322 g/mol. The Hall–Kier alpha value is -2.73. The maximum Gasteiger partial charge on any atom is 0.257 e. The van der Waals surface area contributed by atoms with E-state index in [1.54, 1.807) is 24.3 Å². The molecule has 2 N–H and O–H groups in total. The highest BCUT2D eigenvalue weighted by Gasteiger charge is 2.11. The van der Waals surface area contributed by atoms with E-state index in [4.69, 9.17) is 0 Å². The largest absolute Gasteiger partial charge is 0.326 e. The molecule has 0 bridgehead atoms. The van der Waals surface area contributed by atoms with Gasteiger partial charge in [0.05, 0.1) is 10.2 Å². The summed E-state index contributed by atoms with van der Waals surface area (Å²) in [6, 6.07) is 12.9. The zero-order valence-corrected chi connectivity index (χ0v) is 14.2. The molecule has 3 rings (SSSR count). The topological polar surface area (TPSA) is 71.1 Å². The summed E-state index contributed by atoms with van der Waals surface area (Å²) in [7, 11) is 0. The van der Waals surface area contributed by atoms with Crippen LogP contribution < -0.4 is 10.6 Å². The number of thiazole rings is 1. The predicted molar refractivity (Wildman–Crippen MR) is 97.7 cm³/mol. The first-order chi connectivity index (χ1) is 11.5. The fourth-order valence-corrected chi connectivity index (χ4v) is 3.28. The summed E-state index contributed by atoms with van der Waals surface area (Å²) in [5.41, 5.74) is 3.17. The van der Waals surface area contributed by atoms with Crippen LogP contribution in [0.15, 0.2) is 42.5 Å². The molecule has 5 nitrogen and oxygen atoms in total. The summed E-state index contributed by atoms with van der Waals surface area (Å²) >= 11 is 1.45. The fraction of sp³-hybridized carbons (Fsp3) is 0.167. The van der Waals surface area contributed by atoms with Crippen LogP contribution in [-0.2, 0) is 11.2 Å². The summed E-state index contributed by atoms with van der Waals surface area (Å²) in [5, 5.41) is 6.05. The quantitative estimate of drug-likeness (QED) is 0.753. The molecule has 0 saturated carbocycles. The van der Waals surface area contributed by atoms with Gasteiger partial charge in [-0.05, 0) is 42.3 Å². The number of nitrogens with one attached hydrogen (secondary N) is 2. The summed E-state index contributed by atoms with van der Waals surface area (Å²) in [6.45, 7) is 3.53. The second kappa shape index (κ2) is 6.80. The number of carbonyl (C=O) groups excluding carboxylic acids is 2. The standard InChI is InChI=1S/C18H17N3O2S/c1-3-12-7-8-15-16(9-12)24-18(20-15)21-17(23)13-5-4-6-14(10-13)19-11(2)22/h4-10H,3H2,1-2H3,(H,19,22)(H,20,21,23). The van der Waals surface area contributed by atoms with Crippen LogP contribution in [0.5, 0.6) is 0 Å². The monoisotopic (exact) mass is 339 g/mol. The number of anilines is 2. The van der Waals surface area contributed by atoms with Gasteiger partial charge >= 0.3 is 0 Å². The Morgan fingerprint density at radius 1 is 1.12 bits per heavy atom. The first-order valence-corrected chi connectivity index (χ1v) is 8.45. The summed E-state index contributed by atoms with van der Waals surface area (Å²) in [4.78, 5) is 28.0. The van der Waals surface area contributed by atoms with Gasteiger partial charge in [-0.15, -0.1) is 0 Å². The third kappa shape index (κ3) is 3.60. The zero-order valence-electron chi connectivity index (χ0n) is 13.4. The van der Waals surface area contributed by atoms with Crippen molar-refractivity contribution >= 4 is 44.2 Å². The molecule has 0 atom stereocenters. The molecule has 2 amide bonds. The third-order valence-corrected chi connectivity index (χ3v) is 4.46. The molecule has 3 aromatic rings. The maximum atomic E-state index is 12.4. The van der Waals surface area contributed by atoms with Gasteiger partial charge in [0, 0.05) is 18.2 Å². The van der Waals surface area contributed by atoms with Crippen molar-refractivity contribution < 1.29 is 9.59 Å². The highest BCUT2D eigenvalue weighted by molar-refractivity contribution is 7.22. The van der Waals surface area contributed by atoms with Crippen LogP contribution in [0.4, 0.5) is 10.8 Å². The minimum Gasteiger partial charge on any atom is -0.326 e. The molecule has 0 fully saturated rings. The molecule has 1 aromatic heterocycles. The second-order valence-electron chi connectivity index (χ2n) is 5.39. The van der Waals surface area contributed by atoms with Gasteiger partial charge in [-0.2, -0.15) is 0 Å². The smallest absolute Gasteiger partial charge is 0.257 e. The Labute approximate surface area is 143 Å². The average Bonchev–Trinajstić information content (AvgIpc) is 2.95. The zero-order chi connectivity index (χ0) is 17.1. The van der Waals surface area contributed by atoms with Gasteiger partial charge in [0.1, 0.15) is 0 Å². The number of hydrogen-bond donors (Lipinski definition) is 2. The van der Waals surface area contributed by atoms with E-state index in [0.29, 0.717) is 16.4 Å². The number of benzene rings is 2. The van der Waals surface area contributed by atoms with Gasteiger partial charge in [-0.3, -0.25) is 14.9 Å². The van der Waals surface area contributed by atoms with Crippen LogP contribution in [0.2, 0.25) is 0 Å². The number of amides is 2. The van der Waals surface area contributed by atoms with E-state index in [9.17, 15) is 9.59 Å². The summed E-state index contributed by atoms with van der Waals surface area (Å²) < 4.78 is 1.05. The molecule has 0 spiro atoms. The third-order valence-electron chi connectivity index (χ3n) is 3.53. The molecule has 0 unspecified atom stereocenters. The lowest BCUT2D eigenvalue weighted by Crippen LogP contribution is -2.12. The molecular formula is C18H17N3O2S. The Morgan fingerprint density at radius 2 is 1.96 bits per heavy atom. The van der Waals surface area contributed by atoms with Gasteiger partial charge in [-0.1, -0.05) is 30.4 Å². The molecule has 1 heterocycles. The van der Waals surface area contributed by atoms with Gasteiger partial charge in [-0.25, -0.2) is 4.98 Å². The summed E-state index contributed by atoms with van der Waals surface area (Å²) in [5.74, 6) is -0.428. The van der Waals surface area contributed by atoms with Crippen LogP contribution in [0.3, 0.4) is 0 Å². The minimum absolute atomic E-state index is 0.176. The number of aryl methyl sites for hydroxylation is 1. The number of carbonyl (C=O) groups is 2. The van der Waals surface area contributed by atoms with Gasteiger partial charge in [0.25, 0.3) is 5.91 Å². The van der Waals surface area contributed by atoms with Crippen LogP contribution in [0.25, 0.3) is 10.2 Å². The van der Waals surface area contributed by atoms with Crippen molar-refractivity contribution in [3.05, 3.63) is 53.6 Å². The van der Waals surface area contributed by atoms with Crippen molar-refractivity contribution in [3.63, 3.8) is 0 Å². The van der Waals surface area contributed by atoms with E-state index < -0.39 is 0 Å². The first-order valence-electron chi connectivity index (χ1n) is 7.63. The fourth-order valence-electron chi connectivity index (χ4n) is 2.35. The Bertz CT molecular complexity index is 918. The van der Waals surface area contributed by atoms with E-state index in [2.05, 4.69) is 28.6 Å². The van der Waals surface area contributed by atoms with Crippen molar-refractivity contribution in [1.29, 1.82) is 0 Å². The first kappa shape index (κ1) is 16.1. The Balaban J connectivity index is 1.80. The molecule has 6 heteroatoms. The molecule has 0 aliphatic heterocycles. The van der Waals surface area contributed by atoms with Gasteiger partial charge < -0.3 is 5.32 Å². The lowest BCUT2D eigenvalue weighted by atomic mass is 10.2. The molecule has 0 saturated heterocycles. The number of hydrogen-bond acceptors (Lipinski definition) is 4. The van der Waals surface area contributed by atoms with E-state index >= 15 is 0 Å². The molecule has 0 aliphatic rings. The molecule has 24 heavy (non-hydrogen) atoms. The van der Waals surface area contributed by atoms with Crippen LogP contribution in [-0.4, -0.2) is 16.8 Å². The Morgan fingerprint density at radius 3 is 2.71 bits per heavy atom. The van der Waals surface area contributed by atoms with E-state index in [-0.39, 0.29) is 11.8 Å². The highest BCUT2D eigenvalue weighted by Crippen LogP contribution is 2.27. The Kier molecular flexibility index (Phi) is 4.57. The predicted octanol–water partition coefficient (Wildman–Crippen LogP) is 4.07. The second-order valence-corrected chi connectivity index (χ2v) is 6.42. The van der Waals surface area contributed by atoms with E-state index in [1.807, 2.05) is 12.1 Å². The maximum absolute atomic E-state index is 12.4. The van der Waals surface area contributed by atoms with Crippen molar-refractivity contribution in [2.45, 2.75) is 20.3 Å². The summed E-state index contributed by atoms with van der Waals surface area (Å²) in [6.07, 6.45) is 0.964. The van der Waals surface area contributed by atoms with Crippen molar-refractivity contribution in [3.8, 4) is 0 Å².